The Kier molecular flexibility index (Phi) is 2.35. The standard InChI is InChI=1S/C7H8BFO3/c1-4-2-5(8(11)12)7(9)6(10)3-4/h2-3,10-12H,1H3. The molecule has 0 aliphatic rings. The molecular formula is C7H8BFO3. The van der Waals surface area contributed by atoms with Gasteiger partial charge in [0.15, 0.2) is 11.6 Å². The SMILES string of the molecule is Cc1cc(O)c(F)c(B(O)O)c1. The van der Waals surface area contributed by atoms with Crippen molar-refractivity contribution < 1.29 is 19.5 Å². The monoisotopic (exact) mass is 170 g/mol. The predicted molar refractivity (Wildman–Crippen MR) is 42.6 cm³/mol. The molecule has 1 aromatic carbocycles. The van der Waals surface area contributed by atoms with E-state index in [1.165, 1.54) is 12.1 Å². The topological polar surface area (TPSA) is 60.7 Å². The Balaban J connectivity index is 3.28. The first kappa shape index (κ1) is 9.03. The molecule has 0 aliphatic heterocycles. The van der Waals surface area contributed by atoms with Crippen molar-refractivity contribution in [1.82, 2.24) is 0 Å². The summed E-state index contributed by atoms with van der Waals surface area (Å²) in [7, 11) is -1.89. The lowest BCUT2D eigenvalue weighted by atomic mass is 9.79. The Hall–Kier alpha value is -1.07. The quantitative estimate of drug-likeness (QED) is 0.498. The molecule has 0 bridgehead atoms. The zero-order valence-corrected chi connectivity index (χ0v) is 6.45. The summed E-state index contributed by atoms with van der Waals surface area (Å²) in [5.74, 6) is -1.56. The molecule has 64 valence electrons. The fourth-order valence-electron chi connectivity index (χ4n) is 0.965. The molecule has 3 nitrogen and oxygen atoms in total. The molecule has 0 aliphatic carbocycles. The van der Waals surface area contributed by atoms with Crippen LogP contribution in [0.1, 0.15) is 5.56 Å². The highest BCUT2D eigenvalue weighted by atomic mass is 19.1. The summed E-state index contributed by atoms with van der Waals surface area (Å²) in [6, 6.07) is 2.47. The van der Waals surface area contributed by atoms with Crippen molar-refractivity contribution in [1.29, 1.82) is 0 Å². The molecule has 0 spiro atoms. The Morgan fingerprint density at radius 1 is 1.33 bits per heavy atom. The van der Waals surface area contributed by atoms with Crippen LogP contribution in [0.2, 0.25) is 0 Å². The van der Waals surface area contributed by atoms with Crippen molar-refractivity contribution in [3.05, 3.63) is 23.5 Å². The molecule has 12 heavy (non-hydrogen) atoms. The zero-order valence-electron chi connectivity index (χ0n) is 6.45. The highest BCUT2D eigenvalue weighted by molar-refractivity contribution is 6.58. The first-order valence-corrected chi connectivity index (χ1v) is 3.37. The average molecular weight is 170 g/mol. The minimum absolute atomic E-state index is 0.312. The second kappa shape index (κ2) is 3.12. The van der Waals surface area contributed by atoms with Crippen LogP contribution in [0, 0.1) is 12.7 Å². The van der Waals surface area contributed by atoms with E-state index < -0.39 is 18.7 Å². The van der Waals surface area contributed by atoms with Gasteiger partial charge < -0.3 is 15.2 Å². The second-order valence-corrected chi connectivity index (χ2v) is 2.56. The predicted octanol–water partition coefficient (Wildman–Crippen LogP) is -0.480. The number of halogens is 1. The van der Waals surface area contributed by atoms with Crippen LogP contribution in [0.5, 0.6) is 5.75 Å². The van der Waals surface area contributed by atoms with E-state index in [0.29, 0.717) is 5.56 Å². The van der Waals surface area contributed by atoms with Crippen molar-refractivity contribution in [2.24, 2.45) is 0 Å². The summed E-state index contributed by atoms with van der Waals surface area (Å²) in [6.45, 7) is 1.62. The third-order valence-electron chi connectivity index (χ3n) is 1.50. The number of rotatable bonds is 1. The molecule has 3 N–H and O–H groups in total. The van der Waals surface area contributed by atoms with Gasteiger partial charge in [0.25, 0.3) is 0 Å². The molecule has 0 saturated heterocycles. The summed E-state index contributed by atoms with van der Waals surface area (Å²) in [6.07, 6.45) is 0. The summed E-state index contributed by atoms with van der Waals surface area (Å²) in [5, 5.41) is 26.2. The van der Waals surface area contributed by atoms with E-state index in [1.807, 2.05) is 0 Å². The van der Waals surface area contributed by atoms with Gasteiger partial charge in [0.2, 0.25) is 0 Å². The normalized spacial score (nSPS) is 10.0. The molecule has 0 radical (unpaired) electrons. The van der Waals surface area contributed by atoms with E-state index in [1.54, 1.807) is 6.92 Å². The lowest BCUT2D eigenvalue weighted by Crippen LogP contribution is -2.32. The second-order valence-electron chi connectivity index (χ2n) is 2.56. The Morgan fingerprint density at radius 3 is 2.42 bits per heavy atom. The van der Waals surface area contributed by atoms with Crippen LogP contribution < -0.4 is 5.46 Å². The van der Waals surface area contributed by atoms with Gasteiger partial charge >= 0.3 is 7.12 Å². The first-order valence-electron chi connectivity index (χ1n) is 3.37. The van der Waals surface area contributed by atoms with E-state index >= 15 is 0 Å². The number of aryl methyl sites for hydroxylation is 1. The number of phenols is 1. The summed E-state index contributed by atoms with van der Waals surface area (Å²) < 4.78 is 12.9. The van der Waals surface area contributed by atoms with Crippen molar-refractivity contribution >= 4 is 12.6 Å². The molecule has 0 fully saturated rings. The number of hydrogen-bond donors (Lipinski definition) is 3. The summed E-state index contributed by atoms with van der Waals surface area (Å²) in [5.41, 5.74) is 0.254. The molecule has 0 unspecified atom stereocenters. The van der Waals surface area contributed by atoms with Crippen molar-refractivity contribution in [2.75, 3.05) is 0 Å². The van der Waals surface area contributed by atoms with E-state index in [4.69, 9.17) is 15.2 Å². The molecule has 0 saturated carbocycles. The van der Waals surface area contributed by atoms with Gasteiger partial charge in [0.1, 0.15) is 0 Å². The van der Waals surface area contributed by atoms with Crippen molar-refractivity contribution in [3.63, 3.8) is 0 Å². The van der Waals surface area contributed by atoms with Crippen LogP contribution in [0.4, 0.5) is 4.39 Å². The lowest BCUT2D eigenvalue weighted by molar-refractivity contribution is 0.412. The zero-order chi connectivity index (χ0) is 9.30. The molecule has 5 heteroatoms. The summed E-state index contributed by atoms with van der Waals surface area (Å²) >= 11 is 0. The third-order valence-corrected chi connectivity index (χ3v) is 1.50. The number of phenolic OH excluding ortho intramolecular Hbond substituents is 1. The van der Waals surface area contributed by atoms with E-state index in [2.05, 4.69) is 0 Å². The smallest absolute Gasteiger partial charge is 0.491 e. The Morgan fingerprint density at radius 2 is 1.92 bits per heavy atom. The fraction of sp³-hybridized carbons (Fsp3) is 0.143. The van der Waals surface area contributed by atoms with Crippen LogP contribution in [0.15, 0.2) is 12.1 Å². The molecule has 0 atom stereocenters. The molecule has 1 rings (SSSR count). The van der Waals surface area contributed by atoms with Gasteiger partial charge in [-0.05, 0) is 18.6 Å². The Labute approximate surface area is 69.2 Å². The number of hydrogen-bond acceptors (Lipinski definition) is 3. The molecule has 0 amide bonds. The van der Waals surface area contributed by atoms with Gasteiger partial charge in [-0.3, -0.25) is 0 Å². The molecule has 1 aromatic rings. The van der Waals surface area contributed by atoms with Crippen molar-refractivity contribution in [2.45, 2.75) is 6.92 Å². The van der Waals surface area contributed by atoms with Crippen molar-refractivity contribution in [3.8, 4) is 5.75 Å². The Bertz CT molecular complexity index is 301. The molecule has 0 heterocycles. The minimum atomic E-state index is -1.89. The number of aromatic hydroxyl groups is 1. The van der Waals surface area contributed by atoms with E-state index in [-0.39, 0.29) is 5.46 Å². The van der Waals surface area contributed by atoms with Crippen LogP contribution in [0.3, 0.4) is 0 Å². The van der Waals surface area contributed by atoms with Crippen LogP contribution in [-0.4, -0.2) is 22.3 Å². The van der Waals surface area contributed by atoms with Crippen LogP contribution in [0.25, 0.3) is 0 Å². The van der Waals surface area contributed by atoms with E-state index in [0.717, 1.165) is 0 Å². The third kappa shape index (κ3) is 1.57. The maximum Gasteiger partial charge on any atom is 0.491 e. The minimum Gasteiger partial charge on any atom is -0.505 e. The molecular weight excluding hydrogens is 162 g/mol. The van der Waals surface area contributed by atoms with E-state index in [9.17, 15) is 4.39 Å². The van der Waals surface area contributed by atoms with Gasteiger partial charge in [0, 0.05) is 5.46 Å². The maximum absolute atomic E-state index is 12.9. The lowest BCUT2D eigenvalue weighted by Gasteiger charge is -2.04. The largest absolute Gasteiger partial charge is 0.505 e. The van der Waals surface area contributed by atoms with Gasteiger partial charge in [-0.25, -0.2) is 4.39 Å². The fourth-order valence-corrected chi connectivity index (χ4v) is 0.965. The highest BCUT2D eigenvalue weighted by Crippen LogP contribution is 2.14. The van der Waals surface area contributed by atoms with Crippen LogP contribution in [-0.2, 0) is 0 Å². The molecule has 0 aromatic heterocycles. The van der Waals surface area contributed by atoms with Gasteiger partial charge in [-0.2, -0.15) is 0 Å². The average Bonchev–Trinajstić information content (AvgIpc) is 1.96. The van der Waals surface area contributed by atoms with Gasteiger partial charge in [-0.15, -0.1) is 0 Å². The first-order chi connectivity index (χ1) is 5.52. The van der Waals surface area contributed by atoms with Gasteiger partial charge in [0.05, 0.1) is 0 Å². The van der Waals surface area contributed by atoms with Gasteiger partial charge in [-0.1, -0.05) is 6.07 Å². The maximum atomic E-state index is 12.9. The van der Waals surface area contributed by atoms with Crippen LogP contribution >= 0.6 is 0 Å². The highest BCUT2D eigenvalue weighted by Gasteiger charge is 2.19. The number of benzene rings is 1. The summed E-state index contributed by atoms with van der Waals surface area (Å²) in [4.78, 5) is 0.